The summed E-state index contributed by atoms with van der Waals surface area (Å²) in [4.78, 5) is 10.8. The van der Waals surface area contributed by atoms with Gasteiger partial charge in [-0.25, -0.2) is 10.2 Å². The Morgan fingerprint density at radius 3 is 2.71 bits per heavy atom. The normalized spacial score (nSPS) is 10.4. The zero-order valence-corrected chi connectivity index (χ0v) is 12.3. The second kappa shape index (κ2) is 6.61. The Labute approximate surface area is 115 Å². The van der Waals surface area contributed by atoms with Gasteiger partial charge in [-0.3, -0.25) is 0 Å². The van der Waals surface area contributed by atoms with E-state index >= 15 is 0 Å². The first kappa shape index (κ1) is 14.0. The third kappa shape index (κ3) is 4.01. The molecule has 0 spiro atoms. The third-order valence-corrected chi connectivity index (χ3v) is 2.83. The Balaban J connectivity index is 2.93. The molecule has 7 heteroatoms. The molecule has 0 aromatic heterocycles. The van der Waals surface area contributed by atoms with Crippen LogP contribution in [0.1, 0.15) is 5.56 Å². The lowest BCUT2D eigenvalue weighted by molar-refractivity contribution is 0.171. The first-order valence-electron chi connectivity index (χ1n) is 4.48. The molecule has 1 aromatic carbocycles. The first-order chi connectivity index (χ1) is 8.08. The van der Waals surface area contributed by atoms with Crippen LogP contribution in [-0.4, -0.2) is 26.5 Å². The van der Waals surface area contributed by atoms with E-state index in [4.69, 9.17) is 4.74 Å². The Morgan fingerprint density at radius 2 is 2.12 bits per heavy atom. The van der Waals surface area contributed by atoms with E-state index in [0.29, 0.717) is 11.3 Å². The van der Waals surface area contributed by atoms with Crippen molar-refractivity contribution in [1.82, 2.24) is 5.43 Å². The number of carbonyl (C=O) groups excluding carboxylic acids is 1. The number of nitrogens with one attached hydrogen (secondary N) is 1. The van der Waals surface area contributed by atoms with Crippen LogP contribution >= 0.6 is 31.9 Å². The van der Waals surface area contributed by atoms with Crippen LogP contribution in [0.2, 0.25) is 0 Å². The Bertz CT molecular complexity index is 449. The average molecular weight is 366 g/mol. The molecule has 0 saturated carbocycles. The molecule has 0 aliphatic rings. The van der Waals surface area contributed by atoms with Crippen LogP contribution in [0.4, 0.5) is 4.79 Å². The summed E-state index contributed by atoms with van der Waals surface area (Å²) in [5, 5.41) is 3.73. The number of carbonyl (C=O) groups is 1. The molecule has 0 fully saturated rings. The van der Waals surface area contributed by atoms with Gasteiger partial charge in [0.05, 0.1) is 24.9 Å². The standard InChI is InChI=1S/C10H10Br2N2O3/c1-16-9-6(3-7(11)4-8(9)12)5-13-14-10(15)17-2/h3-5H,1-2H3,(H,14,15)/b13-5+. The van der Waals surface area contributed by atoms with E-state index in [2.05, 4.69) is 47.1 Å². The fraction of sp³-hybridized carbons (Fsp3) is 0.200. The van der Waals surface area contributed by atoms with Crippen molar-refractivity contribution in [3.05, 3.63) is 26.6 Å². The number of benzene rings is 1. The van der Waals surface area contributed by atoms with Crippen molar-refractivity contribution in [1.29, 1.82) is 0 Å². The maximum absolute atomic E-state index is 10.8. The fourth-order valence-corrected chi connectivity index (χ4v) is 2.51. The van der Waals surface area contributed by atoms with Crippen molar-refractivity contribution in [3.8, 4) is 5.75 Å². The molecule has 1 N–H and O–H groups in total. The third-order valence-electron chi connectivity index (χ3n) is 1.79. The number of methoxy groups -OCH3 is 2. The molecule has 17 heavy (non-hydrogen) atoms. The summed E-state index contributed by atoms with van der Waals surface area (Å²) in [5.41, 5.74) is 2.91. The highest BCUT2D eigenvalue weighted by Gasteiger charge is 2.07. The molecule has 0 bridgehead atoms. The molecule has 1 rings (SSSR count). The molecule has 0 aliphatic heterocycles. The zero-order chi connectivity index (χ0) is 12.8. The van der Waals surface area contributed by atoms with Crippen molar-refractivity contribution in [2.75, 3.05) is 14.2 Å². The van der Waals surface area contributed by atoms with Gasteiger partial charge in [0.25, 0.3) is 0 Å². The van der Waals surface area contributed by atoms with Crippen molar-refractivity contribution in [3.63, 3.8) is 0 Å². The molecule has 5 nitrogen and oxygen atoms in total. The summed E-state index contributed by atoms with van der Waals surface area (Å²) in [6.45, 7) is 0. The summed E-state index contributed by atoms with van der Waals surface area (Å²) in [5.74, 6) is 0.628. The molecule has 0 radical (unpaired) electrons. The maximum atomic E-state index is 10.8. The second-order valence-electron chi connectivity index (χ2n) is 2.87. The quantitative estimate of drug-likeness (QED) is 0.661. The van der Waals surface area contributed by atoms with Crippen molar-refractivity contribution < 1.29 is 14.3 Å². The lowest BCUT2D eigenvalue weighted by atomic mass is 10.2. The van der Waals surface area contributed by atoms with Gasteiger partial charge in [-0.1, -0.05) is 15.9 Å². The van der Waals surface area contributed by atoms with Gasteiger partial charge in [-0.15, -0.1) is 0 Å². The van der Waals surface area contributed by atoms with Gasteiger partial charge in [-0.05, 0) is 28.1 Å². The van der Waals surface area contributed by atoms with Crippen molar-refractivity contribution in [2.45, 2.75) is 0 Å². The van der Waals surface area contributed by atoms with Crippen LogP contribution in [0, 0.1) is 0 Å². The lowest BCUT2D eigenvalue weighted by Crippen LogP contribution is -2.16. The van der Waals surface area contributed by atoms with Gasteiger partial charge in [0, 0.05) is 10.0 Å². The van der Waals surface area contributed by atoms with Crippen LogP contribution in [-0.2, 0) is 4.74 Å². The summed E-state index contributed by atoms with van der Waals surface area (Å²) >= 11 is 6.72. The number of hydrogen-bond donors (Lipinski definition) is 1. The monoisotopic (exact) mass is 364 g/mol. The van der Waals surface area contributed by atoms with Gasteiger partial charge < -0.3 is 9.47 Å². The predicted octanol–water partition coefficient (Wildman–Crippen LogP) is 2.91. The summed E-state index contributed by atoms with van der Waals surface area (Å²) in [7, 11) is 2.82. The van der Waals surface area contributed by atoms with E-state index < -0.39 is 6.09 Å². The van der Waals surface area contributed by atoms with E-state index in [-0.39, 0.29) is 0 Å². The SMILES string of the molecule is COC(=O)N/N=C/c1cc(Br)cc(Br)c1OC. The van der Waals surface area contributed by atoms with Crippen molar-refractivity contribution in [2.24, 2.45) is 5.10 Å². The predicted molar refractivity (Wildman–Crippen MR) is 71.5 cm³/mol. The number of nitrogens with zero attached hydrogens (tertiary/aromatic N) is 1. The average Bonchev–Trinajstić information content (AvgIpc) is 2.28. The van der Waals surface area contributed by atoms with Crippen LogP contribution < -0.4 is 10.2 Å². The van der Waals surface area contributed by atoms with Gasteiger partial charge in [-0.2, -0.15) is 5.10 Å². The molecular formula is C10H10Br2N2O3. The minimum atomic E-state index is -0.630. The maximum Gasteiger partial charge on any atom is 0.427 e. The largest absolute Gasteiger partial charge is 0.495 e. The Morgan fingerprint density at radius 1 is 1.41 bits per heavy atom. The summed E-state index contributed by atoms with van der Waals surface area (Å²) < 4.78 is 11.2. The number of hydrogen-bond acceptors (Lipinski definition) is 4. The highest BCUT2D eigenvalue weighted by molar-refractivity contribution is 9.11. The van der Waals surface area contributed by atoms with E-state index in [9.17, 15) is 4.79 Å². The molecule has 1 aromatic rings. The highest BCUT2D eigenvalue weighted by Crippen LogP contribution is 2.31. The lowest BCUT2D eigenvalue weighted by Gasteiger charge is -2.07. The molecule has 0 atom stereocenters. The zero-order valence-electron chi connectivity index (χ0n) is 9.16. The number of amides is 1. The minimum Gasteiger partial charge on any atom is -0.495 e. The fourth-order valence-electron chi connectivity index (χ4n) is 1.09. The molecule has 1 amide bonds. The van der Waals surface area contributed by atoms with E-state index in [1.807, 2.05) is 12.1 Å². The number of hydrazone groups is 1. The van der Waals surface area contributed by atoms with Crippen LogP contribution in [0.25, 0.3) is 0 Å². The van der Waals surface area contributed by atoms with Gasteiger partial charge in [0.2, 0.25) is 0 Å². The van der Waals surface area contributed by atoms with Gasteiger partial charge in [0.1, 0.15) is 5.75 Å². The van der Waals surface area contributed by atoms with E-state index in [0.717, 1.165) is 8.95 Å². The second-order valence-corrected chi connectivity index (χ2v) is 4.64. The molecule has 0 heterocycles. The molecule has 0 saturated heterocycles. The van der Waals surface area contributed by atoms with Gasteiger partial charge >= 0.3 is 6.09 Å². The number of halogens is 2. The topological polar surface area (TPSA) is 59.9 Å². The van der Waals surface area contributed by atoms with Crippen molar-refractivity contribution >= 4 is 44.2 Å². The smallest absolute Gasteiger partial charge is 0.427 e. The van der Waals surface area contributed by atoms with E-state index in [1.54, 1.807) is 7.11 Å². The van der Waals surface area contributed by atoms with Gasteiger partial charge in [0.15, 0.2) is 0 Å². The molecular weight excluding hydrogens is 356 g/mol. The first-order valence-corrected chi connectivity index (χ1v) is 6.07. The summed E-state index contributed by atoms with van der Waals surface area (Å²) in [6, 6.07) is 3.66. The Kier molecular flexibility index (Phi) is 5.43. The summed E-state index contributed by atoms with van der Waals surface area (Å²) in [6.07, 6.45) is 0.833. The van der Waals surface area contributed by atoms with Crippen LogP contribution in [0.15, 0.2) is 26.2 Å². The molecule has 0 aliphatic carbocycles. The molecule has 0 unspecified atom stereocenters. The highest BCUT2D eigenvalue weighted by atomic mass is 79.9. The molecule has 92 valence electrons. The minimum absolute atomic E-state index is 0.628. The van der Waals surface area contributed by atoms with E-state index in [1.165, 1.54) is 13.3 Å². The van der Waals surface area contributed by atoms with Crippen LogP contribution in [0.5, 0.6) is 5.75 Å². The van der Waals surface area contributed by atoms with Crippen LogP contribution in [0.3, 0.4) is 0 Å². The number of rotatable bonds is 3. The Hall–Kier alpha value is -1.08. The number of ether oxygens (including phenoxy) is 2.